The molecular formula is C30H34F5N9O4. The summed E-state index contributed by atoms with van der Waals surface area (Å²) in [5.74, 6) is -0.236. The molecule has 3 heterocycles. The first-order valence-electron chi connectivity index (χ1n) is 14.9. The third-order valence-electron chi connectivity index (χ3n) is 7.61. The highest BCUT2D eigenvalue weighted by atomic mass is 19.4. The third kappa shape index (κ3) is 8.61. The van der Waals surface area contributed by atoms with Gasteiger partial charge in [0.15, 0.2) is 17.2 Å². The molecule has 1 fully saturated rings. The van der Waals surface area contributed by atoms with Gasteiger partial charge in [-0.3, -0.25) is 23.5 Å². The molecule has 0 unspecified atom stereocenters. The Morgan fingerprint density at radius 1 is 1.17 bits per heavy atom. The monoisotopic (exact) mass is 679 g/mol. The van der Waals surface area contributed by atoms with Gasteiger partial charge in [0, 0.05) is 54.9 Å². The Balaban J connectivity index is 0.00000167. The maximum atomic E-state index is 13.7. The minimum atomic E-state index is -4.89. The van der Waals surface area contributed by atoms with Crippen molar-refractivity contribution < 1.29 is 41.4 Å². The van der Waals surface area contributed by atoms with Crippen LogP contribution in [0.15, 0.2) is 43.0 Å². The van der Waals surface area contributed by atoms with Gasteiger partial charge in [-0.2, -0.15) is 18.3 Å². The van der Waals surface area contributed by atoms with E-state index in [1.54, 1.807) is 18.2 Å². The smallest absolute Gasteiger partial charge is 0.435 e. The summed E-state index contributed by atoms with van der Waals surface area (Å²) in [6, 6.07) is 5.10. The molecule has 0 bridgehead atoms. The molecular weight excluding hydrogens is 645 g/mol. The van der Waals surface area contributed by atoms with E-state index in [0.29, 0.717) is 28.8 Å². The van der Waals surface area contributed by atoms with E-state index in [9.17, 15) is 31.5 Å². The number of carbonyl (C=O) groups excluding carboxylic acids is 2. The number of nitrogens with zero attached hydrogens (tertiary/aromatic N) is 5. The van der Waals surface area contributed by atoms with Gasteiger partial charge in [0.2, 0.25) is 5.91 Å². The number of amides is 2. The number of fused-ring (bicyclic) bond motifs is 1. The molecule has 5 rings (SSSR count). The normalized spacial score (nSPS) is 16.0. The van der Waals surface area contributed by atoms with Crippen LogP contribution in [0.25, 0.3) is 16.9 Å². The number of rotatable bonds is 11. The third-order valence-corrected chi connectivity index (χ3v) is 7.61. The van der Waals surface area contributed by atoms with Crippen LogP contribution in [0.1, 0.15) is 47.8 Å². The second-order valence-electron chi connectivity index (χ2n) is 10.9. The number of carbonyl (C=O) groups is 3. The molecule has 4 aromatic rings. The van der Waals surface area contributed by atoms with Crippen LogP contribution in [0.4, 0.5) is 33.5 Å². The van der Waals surface area contributed by atoms with E-state index < -0.39 is 30.4 Å². The number of hydrogen-bond acceptors (Lipinski definition) is 8. The SMILES string of the molecule is CCc1cc(Nc2nccn3c(-c4cn(CC(F)F)nc4C(F)(F)F)cnc23)ccc1C(=O)NCCNC(=O)[C@H]1CC[C@@H](N)C1.O=CO. The zero-order valence-electron chi connectivity index (χ0n) is 25.7. The van der Waals surface area contributed by atoms with Crippen molar-refractivity contribution >= 4 is 35.4 Å². The fraction of sp³-hybridized carbons (Fsp3) is 0.400. The Kier molecular flexibility index (Phi) is 11.6. The van der Waals surface area contributed by atoms with Crippen LogP contribution in [0.3, 0.4) is 0 Å². The average molecular weight is 680 g/mol. The maximum Gasteiger partial charge on any atom is 0.435 e. The molecule has 2 atom stereocenters. The molecule has 2 amide bonds. The number of hydrogen-bond donors (Lipinski definition) is 5. The first-order chi connectivity index (χ1) is 22.9. The zero-order valence-corrected chi connectivity index (χ0v) is 25.7. The fourth-order valence-corrected chi connectivity index (χ4v) is 5.44. The van der Waals surface area contributed by atoms with Gasteiger partial charge in [0.1, 0.15) is 6.54 Å². The molecule has 18 heteroatoms. The molecule has 0 aliphatic heterocycles. The Morgan fingerprint density at radius 2 is 1.90 bits per heavy atom. The van der Waals surface area contributed by atoms with Crippen molar-refractivity contribution in [2.75, 3.05) is 18.4 Å². The van der Waals surface area contributed by atoms with Crippen molar-refractivity contribution in [2.24, 2.45) is 11.7 Å². The largest absolute Gasteiger partial charge is 0.483 e. The molecule has 0 saturated heterocycles. The van der Waals surface area contributed by atoms with Gasteiger partial charge < -0.3 is 26.8 Å². The molecule has 48 heavy (non-hydrogen) atoms. The summed E-state index contributed by atoms with van der Waals surface area (Å²) in [5, 5.41) is 19.0. The van der Waals surface area contributed by atoms with Gasteiger partial charge in [0.05, 0.1) is 17.5 Å². The molecule has 1 aliphatic rings. The molecule has 3 aromatic heterocycles. The Morgan fingerprint density at radius 3 is 2.54 bits per heavy atom. The number of carboxylic acid groups (broad SMARTS) is 1. The standard InChI is InChI=1S/C29H32F5N9O2.CH2O2/c1-2-16-12-19(5-6-20(16)28(45)38-8-7-37-27(44)17-3-4-18(35)11-17)40-25-26-39-13-22(43(26)10-9-36-25)21-14-42(15-23(30)31)41-24(21)29(32,33)34;2-1-3/h5-6,9-10,12-14,17-18,23H,2-4,7-8,11,15,35H2,1H3,(H,36,40)(H,37,44)(H,38,45);1H,(H,2,3)/t17-,18+;/m0./s1. The van der Waals surface area contributed by atoms with Crippen molar-refractivity contribution in [1.29, 1.82) is 0 Å². The van der Waals surface area contributed by atoms with Crippen LogP contribution in [0.5, 0.6) is 0 Å². The van der Waals surface area contributed by atoms with Gasteiger partial charge >= 0.3 is 6.18 Å². The van der Waals surface area contributed by atoms with E-state index in [2.05, 4.69) is 31.0 Å². The van der Waals surface area contributed by atoms with Gasteiger partial charge in [-0.15, -0.1) is 0 Å². The van der Waals surface area contributed by atoms with E-state index in [-0.39, 0.29) is 60.5 Å². The summed E-state index contributed by atoms with van der Waals surface area (Å²) >= 11 is 0. The lowest BCUT2D eigenvalue weighted by atomic mass is 10.0. The topological polar surface area (TPSA) is 182 Å². The van der Waals surface area contributed by atoms with Crippen molar-refractivity contribution in [3.05, 3.63) is 59.8 Å². The lowest BCUT2D eigenvalue weighted by molar-refractivity contribution is -0.141. The van der Waals surface area contributed by atoms with Gasteiger partial charge in [-0.1, -0.05) is 6.92 Å². The minimum absolute atomic E-state index is 0.00688. The second kappa shape index (κ2) is 15.6. The highest BCUT2D eigenvalue weighted by molar-refractivity contribution is 5.96. The number of alkyl halides is 5. The van der Waals surface area contributed by atoms with E-state index in [1.165, 1.54) is 23.0 Å². The molecule has 1 saturated carbocycles. The molecule has 258 valence electrons. The second-order valence-corrected chi connectivity index (χ2v) is 10.9. The lowest BCUT2D eigenvalue weighted by Crippen LogP contribution is -2.37. The molecule has 1 aromatic carbocycles. The van der Waals surface area contributed by atoms with Crippen LogP contribution in [-0.4, -0.2) is 73.1 Å². The maximum absolute atomic E-state index is 13.7. The van der Waals surface area contributed by atoms with E-state index >= 15 is 0 Å². The number of nitrogens with two attached hydrogens (primary N) is 1. The van der Waals surface area contributed by atoms with Crippen molar-refractivity contribution in [2.45, 2.75) is 57.8 Å². The quantitative estimate of drug-likeness (QED) is 0.0894. The number of halogens is 5. The number of aryl methyl sites for hydroxylation is 1. The Hall–Kier alpha value is -5.13. The minimum Gasteiger partial charge on any atom is -0.483 e. The van der Waals surface area contributed by atoms with Crippen LogP contribution < -0.4 is 21.7 Å². The van der Waals surface area contributed by atoms with Crippen LogP contribution in [0.2, 0.25) is 0 Å². The number of imidazole rings is 1. The van der Waals surface area contributed by atoms with Crippen molar-refractivity contribution in [1.82, 2.24) is 34.8 Å². The van der Waals surface area contributed by atoms with E-state index in [1.807, 2.05) is 6.92 Å². The fourth-order valence-electron chi connectivity index (χ4n) is 5.44. The molecule has 0 spiro atoms. The summed E-state index contributed by atoms with van der Waals surface area (Å²) in [6.45, 7) is 1.18. The predicted molar refractivity (Wildman–Crippen MR) is 164 cm³/mol. The number of aromatic nitrogens is 5. The zero-order chi connectivity index (χ0) is 35.0. The predicted octanol–water partition coefficient (Wildman–Crippen LogP) is 3.86. The van der Waals surface area contributed by atoms with Gasteiger partial charge in [0.25, 0.3) is 18.8 Å². The molecule has 13 nitrogen and oxygen atoms in total. The van der Waals surface area contributed by atoms with Crippen LogP contribution in [-0.2, 0) is 28.7 Å². The highest BCUT2D eigenvalue weighted by Gasteiger charge is 2.38. The molecule has 6 N–H and O–H groups in total. The summed E-state index contributed by atoms with van der Waals surface area (Å²) in [4.78, 5) is 42.0. The summed E-state index contributed by atoms with van der Waals surface area (Å²) < 4.78 is 68.9. The van der Waals surface area contributed by atoms with Crippen molar-refractivity contribution in [3.63, 3.8) is 0 Å². The van der Waals surface area contributed by atoms with E-state index in [0.717, 1.165) is 24.6 Å². The Bertz CT molecular complexity index is 1740. The molecule has 0 radical (unpaired) electrons. The van der Waals surface area contributed by atoms with Crippen molar-refractivity contribution in [3.8, 4) is 11.3 Å². The van der Waals surface area contributed by atoms with Crippen LogP contribution >= 0.6 is 0 Å². The first kappa shape index (κ1) is 35.7. The highest BCUT2D eigenvalue weighted by Crippen LogP contribution is 2.37. The first-order valence-corrected chi connectivity index (χ1v) is 14.9. The number of benzene rings is 1. The molecule has 1 aliphatic carbocycles. The van der Waals surface area contributed by atoms with Gasteiger partial charge in [-0.05, 0) is 49.4 Å². The average Bonchev–Trinajstić information content (AvgIpc) is 3.77. The summed E-state index contributed by atoms with van der Waals surface area (Å²) in [6.07, 6.45) is -0.120. The summed E-state index contributed by atoms with van der Waals surface area (Å²) in [5.41, 5.74) is 6.07. The van der Waals surface area contributed by atoms with Crippen LogP contribution in [0, 0.1) is 5.92 Å². The Labute approximate surface area is 270 Å². The lowest BCUT2D eigenvalue weighted by Gasteiger charge is -2.14. The van der Waals surface area contributed by atoms with E-state index in [4.69, 9.17) is 15.6 Å². The number of anilines is 2. The number of nitrogens with one attached hydrogen (secondary N) is 3. The summed E-state index contributed by atoms with van der Waals surface area (Å²) in [7, 11) is 0. The van der Waals surface area contributed by atoms with Gasteiger partial charge in [-0.25, -0.2) is 18.7 Å².